The molecular formula is C10H10FNO2. The van der Waals surface area contributed by atoms with Crippen molar-refractivity contribution in [1.29, 1.82) is 0 Å². The van der Waals surface area contributed by atoms with Gasteiger partial charge in [0.2, 0.25) is 0 Å². The summed E-state index contributed by atoms with van der Waals surface area (Å²) in [4.78, 5) is 10.2. The van der Waals surface area contributed by atoms with Crippen molar-refractivity contribution < 1.29 is 14.3 Å². The lowest BCUT2D eigenvalue weighted by Gasteiger charge is -2.00. The van der Waals surface area contributed by atoms with Gasteiger partial charge >= 0.3 is 5.97 Å². The Morgan fingerprint density at radius 3 is 2.86 bits per heavy atom. The summed E-state index contributed by atoms with van der Waals surface area (Å²) in [6.07, 6.45) is 2.59. The first-order valence-corrected chi connectivity index (χ1v) is 4.03. The molecule has 14 heavy (non-hydrogen) atoms. The fourth-order valence-electron chi connectivity index (χ4n) is 1.01. The summed E-state index contributed by atoms with van der Waals surface area (Å²) in [6, 6.07) is 4.33. The molecule has 1 aromatic carbocycles. The van der Waals surface area contributed by atoms with Gasteiger partial charge in [0.05, 0.1) is 6.42 Å². The van der Waals surface area contributed by atoms with Crippen LogP contribution >= 0.6 is 0 Å². The Balaban J connectivity index is 2.85. The van der Waals surface area contributed by atoms with Gasteiger partial charge in [0.15, 0.2) is 0 Å². The molecule has 4 heteroatoms. The number of hydrogen-bond acceptors (Lipinski definition) is 2. The summed E-state index contributed by atoms with van der Waals surface area (Å²) < 4.78 is 13.1. The van der Waals surface area contributed by atoms with E-state index in [0.29, 0.717) is 5.69 Å². The van der Waals surface area contributed by atoms with Crippen LogP contribution in [0.1, 0.15) is 12.0 Å². The molecule has 0 aromatic heterocycles. The minimum absolute atomic E-state index is 0.145. The first-order chi connectivity index (χ1) is 6.61. The van der Waals surface area contributed by atoms with Crippen LogP contribution < -0.4 is 5.73 Å². The van der Waals surface area contributed by atoms with E-state index in [1.807, 2.05) is 0 Å². The summed E-state index contributed by atoms with van der Waals surface area (Å²) in [7, 11) is 0. The minimum atomic E-state index is -0.962. The fourth-order valence-corrected chi connectivity index (χ4v) is 1.01. The van der Waals surface area contributed by atoms with Crippen molar-refractivity contribution in [2.45, 2.75) is 6.42 Å². The highest BCUT2D eigenvalue weighted by atomic mass is 19.1. The number of anilines is 1. The molecule has 0 bridgehead atoms. The Bertz CT molecular complexity index is 354. The number of nitrogens with two attached hydrogens (primary N) is 1. The number of carbonyl (C=O) groups is 1. The molecule has 1 rings (SSSR count). The molecule has 0 amide bonds. The van der Waals surface area contributed by atoms with E-state index in [1.54, 1.807) is 6.07 Å². The van der Waals surface area contributed by atoms with Crippen LogP contribution in [0.4, 0.5) is 10.1 Å². The largest absolute Gasteiger partial charge is 0.481 e. The van der Waals surface area contributed by atoms with Crippen molar-refractivity contribution in [3.05, 3.63) is 35.7 Å². The zero-order chi connectivity index (χ0) is 10.6. The Morgan fingerprint density at radius 1 is 1.57 bits per heavy atom. The number of halogens is 1. The van der Waals surface area contributed by atoms with Gasteiger partial charge in [-0.2, -0.15) is 0 Å². The highest BCUT2D eigenvalue weighted by Gasteiger charge is 2.01. The van der Waals surface area contributed by atoms with Crippen LogP contribution in [0.5, 0.6) is 0 Å². The van der Waals surface area contributed by atoms with Gasteiger partial charge in [-0.15, -0.1) is 0 Å². The van der Waals surface area contributed by atoms with E-state index in [1.165, 1.54) is 24.3 Å². The molecule has 74 valence electrons. The molecule has 0 aliphatic heterocycles. The quantitative estimate of drug-likeness (QED) is 0.724. The third-order valence-electron chi connectivity index (χ3n) is 1.66. The first-order valence-electron chi connectivity index (χ1n) is 4.03. The average molecular weight is 195 g/mol. The number of nitrogen functional groups attached to an aromatic ring is 1. The van der Waals surface area contributed by atoms with Gasteiger partial charge in [0, 0.05) is 11.3 Å². The van der Waals surface area contributed by atoms with Gasteiger partial charge in [-0.05, 0) is 12.1 Å². The van der Waals surface area contributed by atoms with E-state index in [0.717, 1.165) is 0 Å². The van der Waals surface area contributed by atoms with Gasteiger partial charge in [-0.1, -0.05) is 18.2 Å². The minimum Gasteiger partial charge on any atom is -0.481 e. The summed E-state index contributed by atoms with van der Waals surface area (Å²) in [5, 5.41) is 8.35. The molecule has 0 unspecified atom stereocenters. The van der Waals surface area contributed by atoms with Gasteiger partial charge < -0.3 is 10.8 Å². The van der Waals surface area contributed by atoms with Crippen LogP contribution in [-0.2, 0) is 4.79 Å². The lowest BCUT2D eigenvalue weighted by atomic mass is 10.1. The van der Waals surface area contributed by atoms with Crippen LogP contribution in [-0.4, -0.2) is 11.1 Å². The predicted molar refractivity (Wildman–Crippen MR) is 52.1 cm³/mol. The number of benzene rings is 1. The summed E-state index contributed by atoms with van der Waals surface area (Å²) in [5.74, 6) is -1.41. The lowest BCUT2D eigenvalue weighted by Crippen LogP contribution is -1.93. The van der Waals surface area contributed by atoms with Crippen LogP contribution in [0.2, 0.25) is 0 Å². The van der Waals surface area contributed by atoms with Crippen molar-refractivity contribution in [3.8, 4) is 0 Å². The number of carboxylic acids is 1. The zero-order valence-corrected chi connectivity index (χ0v) is 7.40. The van der Waals surface area contributed by atoms with Crippen LogP contribution in [0.3, 0.4) is 0 Å². The standard InChI is InChI=1S/C10H10FNO2/c11-8-4-2-5-9(12)7(8)3-1-6-10(13)14/h1-5H,6,12H2,(H,13,14). The van der Waals surface area contributed by atoms with E-state index in [-0.39, 0.29) is 12.0 Å². The molecule has 3 nitrogen and oxygen atoms in total. The smallest absolute Gasteiger partial charge is 0.307 e. The molecule has 0 atom stereocenters. The maximum atomic E-state index is 13.1. The highest BCUT2D eigenvalue weighted by molar-refractivity contribution is 5.72. The van der Waals surface area contributed by atoms with Crippen molar-refractivity contribution in [1.82, 2.24) is 0 Å². The lowest BCUT2D eigenvalue weighted by molar-refractivity contribution is -0.135. The average Bonchev–Trinajstić information content (AvgIpc) is 2.09. The van der Waals surface area contributed by atoms with Crippen molar-refractivity contribution >= 4 is 17.7 Å². The topological polar surface area (TPSA) is 63.3 Å². The summed E-state index contributed by atoms with van der Waals surface area (Å²) in [5.41, 5.74) is 6.03. The summed E-state index contributed by atoms with van der Waals surface area (Å²) >= 11 is 0. The molecule has 0 fully saturated rings. The van der Waals surface area contributed by atoms with Gasteiger partial charge in [-0.3, -0.25) is 4.79 Å². The Hall–Kier alpha value is -1.84. The van der Waals surface area contributed by atoms with Crippen molar-refractivity contribution in [2.75, 3.05) is 5.73 Å². The molecule has 0 heterocycles. The number of aliphatic carboxylic acids is 1. The normalized spacial score (nSPS) is 10.6. The molecule has 0 aliphatic rings. The van der Waals surface area contributed by atoms with Crippen LogP contribution in [0.15, 0.2) is 24.3 Å². The maximum Gasteiger partial charge on any atom is 0.307 e. The second kappa shape index (κ2) is 4.41. The van der Waals surface area contributed by atoms with Crippen molar-refractivity contribution in [3.63, 3.8) is 0 Å². The van der Waals surface area contributed by atoms with E-state index >= 15 is 0 Å². The molecule has 0 spiro atoms. The second-order valence-electron chi connectivity index (χ2n) is 2.74. The van der Waals surface area contributed by atoms with E-state index in [9.17, 15) is 9.18 Å². The number of rotatable bonds is 3. The molecule has 0 saturated carbocycles. The molecule has 1 aromatic rings. The Kier molecular flexibility index (Phi) is 3.23. The van der Waals surface area contributed by atoms with Gasteiger partial charge in [-0.25, -0.2) is 4.39 Å². The monoisotopic (exact) mass is 195 g/mol. The molecule has 0 aliphatic carbocycles. The second-order valence-corrected chi connectivity index (χ2v) is 2.74. The SMILES string of the molecule is Nc1cccc(F)c1C=CCC(=O)O. The highest BCUT2D eigenvalue weighted by Crippen LogP contribution is 2.17. The molecule has 3 N–H and O–H groups in total. The number of carboxylic acid groups (broad SMARTS) is 1. The van der Waals surface area contributed by atoms with E-state index in [4.69, 9.17) is 10.8 Å². The third kappa shape index (κ3) is 2.58. The third-order valence-corrected chi connectivity index (χ3v) is 1.66. The molecular weight excluding hydrogens is 185 g/mol. The van der Waals surface area contributed by atoms with Gasteiger partial charge in [0.1, 0.15) is 5.82 Å². The summed E-state index contributed by atoms with van der Waals surface area (Å²) in [6.45, 7) is 0. The Morgan fingerprint density at radius 2 is 2.29 bits per heavy atom. The van der Waals surface area contributed by atoms with Crippen LogP contribution in [0, 0.1) is 5.82 Å². The Labute approximate surface area is 80.7 Å². The van der Waals surface area contributed by atoms with Gasteiger partial charge in [0.25, 0.3) is 0 Å². The van der Waals surface area contributed by atoms with Crippen LogP contribution in [0.25, 0.3) is 6.08 Å². The first kappa shape index (κ1) is 10.2. The van der Waals surface area contributed by atoms with E-state index in [2.05, 4.69) is 0 Å². The maximum absolute atomic E-state index is 13.1. The number of hydrogen-bond donors (Lipinski definition) is 2. The predicted octanol–water partition coefficient (Wildman–Crippen LogP) is 1.90. The van der Waals surface area contributed by atoms with Crippen molar-refractivity contribution in [2.24, 2.45) is 0 Å². The fraction of sp³-hybridized carbons (Fsp3) is 0.100. The van der Waals surface area contributed by atoms with E-state index < -0.39 is 11.8 Å². The zero-order valence-electron chi connectivity index (χ0n) is 7.40. The molecule has 0 saturated heterocycles. The molecule has 0 radical (unpaired) electrons.